The van der Waals surface area contributed by atoms with Gasteiger partial charge in [0.1, 0.15) is 12.1 Å². The van der Waals surface area contributed by atoms with Crippen molar-refractivity contribution < 1.29 is 9.18 Å². The minimum Gasteiger partial charge on any atom is -0.272 e. The molecule has 0 spiro atoms. The second-order valence-electron chi connectivity index (χ2n) is 2.78. The zero-order valence-electron chi connectivity index (χ0n) is 7.22. The van der Waals surface area contributed by atoms with Crippen molar-refractivity contribution in [2.75, 3.05) is 0 Å². The van der Waals surface area contributed by atoms with Gasteiger partial charge in [0, 0.05) is 18.0 Å². The predicted molar refractivity (Wildman–Crippen MR) is 48.4 cm³/mol. The Kier molecular flexibility index (Phi) is 2.10. The van der Waals surface area contributed by atoms with Crippen LogP contribution in [0.3, 0.4) is 0 Å². The van der Waals surface area contributed by atoms with E-state index in [2.05, 4.69) is 4.98 Å². The van der Waals surface area contributed by atoms with E-state index in [9.17, 15) is 9.18 Å². The van der Waals surface area contributed by atoms with Crippen LogP contribution in [-0.4, -0.2) is 15.5 Å². The molecule has 0 aliphatic carbocycles. The average molecular weight is 190 g/mol. The molecule has 70 valence electrons. The van der Waals surface area contributed by atoms with Crippen LogP contribution in [0.5, 0.6) is 0 Å². The van der Waals surface area contributed by atoms with Gasteiger partial charge >= 0.3 is 0 Å². The predicted octanol–water partition coefficient (Wildman–Crippen LogP) is 1.71. The summed E-state index contributed by atoms with van der Waals surface area (Å²) in [6.45, 7) is 0. The molecule has 1 aromatic carbocycles. The molecular formula is C10H7FN2O. The fourth-order valence-corrected chi connectivity index (χ4v) is 1.12. The van der Waals surface area contributed by atoms with Gasteiger partial charge in [-0.25, -0.2) is 9.37 Å². The van der Waals surface area contributed by atoms with E-state index in [-0.39, 0.29) is 11.7 Å². The van der Waals surface area contributed by atoms with Gasteiger partial charge in [0.15, 0.2) is 0 Å². The molecule has 0 fully saturated rings. The summed E-state index contributed by atoms with van der Waals surface area (Å²) in [5.74, 6) is -0.574. The maximum Gasteiger partial charge on any atom is 0.263 e. The number of carbonyl (C=O) groups excluding carboxylic acids is 1. The molecule has 0 N–H and O–H groups in total. The Balaban J connectivity index is 2.33. The van der Waals surface area contributed by atoms with E-state index in [0.29, 0.717) is 5.56 Å². The normalized spacial score (nSPS) is 10.1. The van der Waals surface area contributed by atoms with Gasteiger partial charge in [-0.15, -0.1) is 0 Å². The molecule has 2 aromatic rings. The minimum atomic E-state index is -0.354. The molecule has 0 amide bonds. The standard InChI is InChI=1S/C10H7FN2O/c11-9-3-1-8(2-4-9)10(14)13-6-5-12-7-13/h1-7H. The van der Waals surface area contributed by atoms with Gasteiger partial charge in [-0.05, 0) is 24.3 Å². The number of imidazole rings is 1. The van der Waals surface area contributed by atoms with Gasteiger partial charge in [-0.2, -0.15) is 0 Å². The van der Waals surface area contributed by atoms with Crippen molar-refractivity contribution in [2.45, 2.75) is 0 Å². The van der Waals surface area contributed by atoms with Gasteiger partial charge in [0.25, 0.3) is 5.91 Å². The third kappa shape index (κ3) is 1.54. The lowest BCUT2D eigenvalue weighted by molar-refractivity contribution is 0.0959. The van der Waals surface area contributed by atoms with Gasteiger partial charge in [0.05, 0.1) is 0 Å². The van der Waals surface area contributed by atoms with Crippen LogP contribution in [0.15, 0.2) is 43.0 Å². The number of aromatic nitrogens is 2. The van der Waals surface area contributed by atoms with E-state index in [1.54, 1.807) is 6.20 Å². The summed E-state index contributed by atoms with van der Waals surface area (Å²) >= 11 is 0. The van der Waals surface area contributed by atoms with Crippen LogP contribution in [0, 0.1) is 5.82 Å². The largest absolute Gasteiger partial charge is 0.272 e. The Bertz CT molecular complexity index is 434. The van der Waals surface area contributed by atoms with Crippen LogP contribution in [0.4, 0.5) is 4.39 Å². The number of benzene rings is 1. The maximum absolute atomic E-state index is 12.6. The lowest BCUT2D eigenvalue weighted by Crippen LogP contribution is -2.09. The number of hydrogen-bond donors (Lipinski definition) is 0. The van der Waals surface area contributed by atoms with E-state index >= 15 is 0 Å². The topological polar surface area (TPSA) is 34.9 Å². The second-order valence-corrected chi connectivity index (χ2v) is 2.78. The molecule has 0 saturated carbocycles. The lowest BCUT2D eigenvalue weighted by atomic mass is 10.2. The SMILES string of the molecule is O=C(c1ccc(F)cc1)n1ccnc1. The molecule has 4 heteroatoms. The number of hydrogen-bond acceptors (Lipinski definition) is 2. The molecule has 0 aliphatic heterocycles. The number of rotatable bonds is 1. The van der Waals surface area contributed by atoms with E-state index in [1.165, 1.54) is 41.4 Å². The summed E-state index contributed by atoms with van der Waals surface area (Å²) in [7, 11) is 0. The van der Waals surface area contributed by atoms with Crippen LogP contribution in [0.1, 0.15) is 10.4 Å². The highest BCUT2D eigenvalue weighted by Gasteiger charge is 2.06. The third-order valence-corrected chi connectivity index (χ3v) is 1.83. The molecule has 0 bridgehead atoms. The maximum atomic E-state index is 12.6. The molecule has 0 saturated heterocycles. The first kappa shape index (κ1) is 8.62. The third-order valence-electron chi connectivity index (χ3n) is 1.83. The Hall–Kier alpha value is -1.97. The van der Waals surface area contributed by atoms with Gasteiger partial charge < -0.3 is 0 Å². The summed E-state index contributed by atoms with van der Waals surface area (Å²) < 4.78 is 13.9. The summed E-state index contributed by atoms with van der Waals surface area (Å²) in [6, 6.07) is 5.39. The van der Waals surface area contributed by atoms with Gasteiger partial charge in [0.2, 0.25) is 0 Å². The van der Waals surface area contributed by atoms with Crippen LogP contribution in [-0.2, 0) is 0 Å². The fourth-order valence-electron chi connectivity index (χ4n) is 1.12. The van der Waals surface area contributed by atoms with E-state index in [1.807, 2.05) is 0 Å². The molecule has 2 rings (SSSR count). The first-order valence-corrected chi connectivity index (χ1v) is 4.05. The summed E-state index contributed by atoms with van der Waals surface area (Å²) in [6.07, 6.45) is 4.47. The van der Waals surface area contributed by atoms with Crippen LogP contribution in [0.2, 0.25) is 0 Å². The molecule has 1 heterocycles. The van der Waals surface area contributed by atoms with Crippen LogP contribution < -0.4 is 0 Å². The molecule has 0 unspecified atom stereocenters. The van der Waals surface area contributed by atoms with Crippen molar-refractivity contribution in [3.05, 3.63) is 54.4 Å². The summed E-state index contributed by atoms with van der Waals surface area (Å²) in [5.41, 5.74) is 0.435. The Labute approximate surface area is 79.8 Å². The highest BCUT2D eigenvalue weighted by molar-refractivity contribution is 5.95. The first-order valence-electron chi connectivity index (χ1n) is 4.05. The van der Waals surface area contributed by atoms with Gasteiger partial charge in [-0.1, -0.05) is 0 Å². The number of halogens is 1. The summed E-state index contributed by atoms with van der Waals surface area (Å²) in [4.78, 5) is 15.4. The summed E-state index contributed by atoms with van der Waals surface area (Å²) in [5, 5.41) is 0. The van der Waals surface area contributed by atoms with Crippen LogP contribution in [0.25, 0.3) is 0 Å². The highest BCUT2D eigenvalue weighted by Crippen LogP contribution is 2.04. The molecule has 0 radical (unpaired) electrons. The van der Waals surface area contributed by atoms with Crippen molar-refractivity contribution in [3.8, 4) is 0 Å². The van der Waals surface area contributed by atoms with E-state index in [0.717, 1.165) is 0 Å². The molecule has 1 aromatic heterocycles. The van der Waals surface area contributed by atoms with Crippen molar-refractivity contribution in [2.24, 2.45) is 0 Å². The molecular weight excluding hydrogens is 183 g/mol. The highest BCUT2D eigenvalue weighted by atomic mass is 19.1. The molecule has 0 aliphatic rings. The van der Waals surface area contributed by atoms with Crippen molar-refractivity contribution in [1.82, 2.24) is 9.55 Å². The number of nitrogens with zero attached hydrogens (tertiary/aromatic N) is 2. The first-order chi connectivity index (χ1) is 6.77. The molecule has 0 atom stereocenters. The van der Waals surface area contributed by atoms with Crippen LogP contribution >= 0.6 is 0 Å². The van der Waals surface area contributed by atoms with Gasteiger partial charge in [-0.3, -0.25) is 9.36 Å². The van der Waals surface area contributed by atoms with E-state index in [4.69, 9.17) is 0 Å². The fraction of sp³-hybridized carbons (Fsp3) is 0. The molecule has 3 nitrogen and oxygen atoms in total. The average Bonchev–Trinajstić information content (AvgIpc) is 2.71. The lowest BCUT2D eigenvalue weighted by Gasteiger charge is -1.99. The molecule has 14 heavy (non-hydrogen) atoms. The zero-order chi connectivity index (χ0) is 9.97. The zero-order valence-corrected chi connectivity index (χ0v) is 7.22. The van der Waals surface area contributed by atoms with Crippen molar-refractivity contribution in [1.29, 1.82) is 0 Å². The Morgan fingerprint density at radius 1 is 1.29 bits per heavy atom. The van der Waals surface area contributed by atoms with Crippen molar-refractivity contribution in [3.63, 3.8) is 0 Å². The van der Waals surface area contributed by atoms with Crippen molar-refractivity contribution >= 4 is 5.91 Å². The second kappa shape index (κ2) is 3.41. The Morgan fingerprint density at radius 2 is 2.00 bits per heavy atom. The Morgan fingerprint density at radius 3 is 2.57 bits per heavy atom. The monoisotopic (exact) mass is 190 g/mol. The number of carbonyl (C=O) groups is 1. The van der Waals surface area contributed by atoms with E-state index < -0.39 is 0 Å². The smallest absolute Gasteiger partial charge is 0.263 e. The minimum absolute atomic E-state index is 0.220. The quantitative estimate of drug-likeness (QED) is 0.686.